The first-order valence-electron chi connectivity index (χ1n) is 5.71. The number of ether oxygens (including phenoxy) is 2. The smallest absolute Gasteiger partial charge is 0.308 e. The van der Waals surface area contributed by atoms with Gasteiger partial charge in [0.2, 0.25) is 0 Å². The van der Waals surface area contributed by atoms with Crippen molar-refractivity contribution in [2.75, 3.05) is 26.8 Å². The highest BCUT2D eigenvalue weighted by Gasteiger charge is 2.32. The molecule has 2 heterocycles. The molecule has 1 aliphatic heterocycles. The van der Waals surface area contributed by atoms with Crippen LogP contribution in [0.2, 0.25) is 0 Å². The van der Waals surface area contributed by atoms with Crippen LogP contribution in [0.15, 0.2) is 17.6 Å². The molecule has 1 atom stereocenters. The number of rotatable bonds is 4. The third-order valence-electron chi connectivity index (χ3n) is 2.81. The van der Waals surface area contributed by atoms with E-state index in [9.17, 15) is 13.2 Å². The molecule has 1 fully saturated rings. The minimum absolute atomic E-state index is 0.0332. The number of esters is 1. The van der Waals surface area contributed by atoms with Crippen molar-refractivity contribution < 1.29 is 22.7 Å². The Hall–Kier alpha value is -1.45. The van der Waals surface area contributed by atoms with Gasteiger partial charge in [0.05, 0.1) is 38.8 Å². The van der Waals surface area contributed by atoms with Crippen molar-refractivity contribution in [2.24, 2.45) is 0 Å². The Bertz CT molecular complexity index is 527. The van der Waals surface area contributed by atoms with E-state index in [0.717, 1.165) is 0 Å². The number of hydrogen-bond donors (Lipinski definition) is 1. The standard InChI is InChI=1S/C10H15N3O5S/c1-17-10(14)4-8-6-13(2-3-18-8)19(15,16)9-5-11-7-12-9/h5,7-8H,2-4,6H2,1H3,(H,11,12). The highest BCUT2D eigenvalue weighted by molar-refractivity contribution is 7.89. The number of sulfonamides is 1. The molecule has 1 aromatic rings. The molecule has 19 heavy (non-hydrogen) atoms. The van der Waals surface area contributed by atoms with Gasteiger partial charge in [0.25, 0.3) is 10.0 Å². The van der Waals surface area contributed by atoms with Gasteiger partial charge in [-0.1, -0.05) is 0 Å². The molecule has 0 radical (unpaired) electrons. The maximum atomic E-state index is 12.2. The Balaban J connectivity index is 2.07. The number of hydrogen-bond acceptors (Lipinski definition) is 6. The minimum atomic E-state index is -3.61. The topological polar surface area (TPSA) is 102 Å². The minimum Gasteiger partial charge on any atom is -0.469 e. The summed E-state index contributed by atoms with van der Waals surface area (Å²) in [5.74, 6) is -0.425. The number of carbonyl (C=O) groups is 1. The summed E-state index contributed by atoms with van der Waals surface area (Å²) in [6, 6.07) is 0. The van der Waals surface area contributed by atoms with Crippen LogP contribution in [0.4, 0.5) is 0 Å². The lowest BCUT2D eigenvalue weighted by Crippen LogP contribution is -2.46. The number of nitrogens with zero attached hydrogens (tertiary/aromatic N) is 2. The Morgan fingerprint density at radius 2 is 2.47 bits per heavy atom. The van der Waals surface area contributed by atoms with E-state index in [2.05, 4.69) is 14.7 Å². The maximum Gasteiger partial charge on any atom is 0.308 e. The van der Waals surface area contributed by atoms with Crippen molar-refractivity contribution in [2.45, 2.75) is 17.6 Å². The van der Waals surface area contributed by atoms with Crippen molar-refractivity contribution in [1.82, 2.24) is 14.3 Å². The van der Waals surface area contributed by atoms with Gasteiger partial charge >= 0.3 is 5.97 Å². The van der Waals surface area contributed by atoms with Crippen LogP contribution < -0.4 is 0 Å². The van der Waals surface area contributed by atoms with Crippen molar-refractivity contribution in [3.05, 3.63) is 12.5 Å². The molecule has 0 aliphatic carbocycles. The van der Waals surface area contributed by atoms with Crippen molar-refractivity contribution in [3.8, 4) is 0 Å². The van der Waals surface area contributed by atoms with E-state index >= 15 is 0 Å². The number of methoxy groups -OCH3 is 1. The number of nitrogens with one attached hydrogen (secondary N) is 1. The lowest BCUT2D eigenvalue weighted by molar-refractivity contribution is -0.145. The Kier molecular flexibility index (Phi) is 4.17. The number of imidazole rings is 1. The summed E-state index contributed by atoms with van der Waals surface area (Å²) in [7, 11) is -2.33. The van der Waals surface area contributed by atoms with Crippen LogP contribution in [-0.2, 0) is 24.3 Å². The van der Waals surface area contributed by atoms with E-state index in [4.69, 9.17) is 4.74 Å². The van der Waals surface area contributed by atoms with Gasteiger partial charge < -0.3 is 14.5 Å². The molecule has 0 bridgehead atoms. The Morgan fingerprint density at radius 1 is 1.68 bits per heavy atom. The molecule has 0 saturated carbocycles. The van der Waals surface area contributed by atoms with Crippen LogP contribution in [0, 0.1) is 0 Å². The molecule has 0 amide bonds. The van der Waals surface area contributed by atoms with Gasteiger partial charge in [0, 0.05) is 13.1 Å². The quantitative estimate of drug-likeness (QED) is 0.740. The normalized spacial score (nSPS) is 21.2. The number of H-pyrrole nitrogens is 1. The number of aromatic amines is 1. The van der Waals surface area contributed by atoms with Crippen molar-refractivity contribution >= 4 is 16.0 Å². The highest BCUT2D eigenvalue weighted by atomic mass is 32.2. The molecule has 1 unspecified atom stereocenters. The Labute approximate surface area is 110 Å². The van der Waals surface area contributed by atoms with Crippen LogP contribution in [0.3, 0.4) is 0 Å². The lowest BCUT2D eigenvalue weighted by Gasteiger charge is -2.31. The second kappa shape index (κ2) is 5.68. The molecule has 1 aliphatic rings. The van der Waals surface area contributed by atoms with Crippen LogP contribution in [0.1, 0.15) is 6.42 Å². The average molecular weight is 289 g/mol. The number of aromatic nitrogens is 2. The molecule has 9 heteroatoms. The first-order chi connectivity index (χ1) is 9.04. The van der Waals surface area contributed by atoms with E-state index in [0.29, 0.717) is 0 Å². The van der Waals surface area contributed by atoms with E-state index < -0.39 is 22.1 Å². The number of carbonyl (C=O) groups excluding carboxylic acids is 1. The third kappa shape index (κ3) is 3.11. The van der Waals surface area contributed by atoms with Gasteiger partial charge in [0.1, 0.15) is 0 Å². The van der Waals surface area contributed by atoms with E-state index in [1.54, 1.807) is 0 Å². The second-order valence-corrected chi connectivity index (χ2v) is 5.96. The molecule has 1 N–H and O–H groups in total. The second-order valence-electron chi connectivity index (χ2n) is 4.05. The highest BCUT2D eigenvalue weighted by Crippen LogP contribution is 2.17. The molecule has 2 rings (SSSR count). The summed E-state index contributed by atoms with van der Waals surface area (Å²) in [5.41, 5.74) is 0. The summed E-state index contributed by atoms with van der Waals surface area (Å²) in [6.07, 6.45) is 2.10. The fourth-order valence-electron chi connectivity index (χ4n) is 1.83. The van der Waals surface area contributed by atoms with Crippen molar-refractivity contribution in [3.63, 3.8) is 0 Å². The van der Waals surface area contributed by atoms with E-state index in [1.807, 2.05) is 0 Å². The van der Waals surface area contributed by atoms with Gasteiger partial charge in [-0.25, -0.2) is 13.4 Å². The van der Waals surface area contributed by atoms with Gasteiger partial charge in [-0.05, 0) is 0 Å². The molecule has 0 spiro atoms. The monoisotopic (exact) mass is 289 g/mol. The molecule has 1 saturated heterocycles. The zero-order valence-electron chi connectivity index (χ0n) is 10.4. The SMILES string of the molecule is COC(=O)CC1CN(S(=O)(=O)c2cnc[nH]2)CCO1. The molecule has 8 nitrogen and oxygen atoms in total. The third-order valence-corrected chi connectivity index (χ3v) is 4.61. The summed E-state index contributed by atoms with van der Waals surface area (Å²) in [6.45, 7) is 0.616. The summed E-state index contributed by atoms with van der Waals surface area (Å²) < 4.78 is 35.6. The first-order valence-corrected chi connectivity index (χ1v) is 7.15. The number of morpholine rings is 1. The molecule has 1 aromatic heterocycles. The summed E-state index contributed by atoms with van der Waals surface area (Å²) in [4.78, 5) is 17.4. The van der Waals surface area contributed by atoms with Gasteiger partial charge in [0.15, 0.2) is 5.03 Å². The van der Waals surface area contributed by atoms with Gasteiger partial charge in [-0.3, -0.25) is 4.79 Å². The predicted molar refractivity (Wildman–Crippen MR) is 63.7 cm³/mol. The largest absolute Gasteiger partial charge is 0.469 e. The average Bonchev–Trinajstić information content (AvgIpc) is 2.93. The molecule has 0 aromatic carbocycles. The van der Waals surface area contributed by atoms with E-state index in [-0.39, 0.29) is 31.1 Å². The van der Waals surface area contributed by atoms with Crippen LogP contribution in [0.25, 0.3) is 0 Å². The molecule has 106 valence electrons. The molecular formula is C10H15N3O5S. The fraction of sp³-hybridized carbons (Fsp3) is 0.600. The van der Waals surface area contributed by atoms with Crippen LogP contribution in [-0.4, -0.2) is 61.6 Å². The fourth-order valence-corrected chi connectivity index (χ4v) is 3.18. The predicted octanol–water partition coefficient (Wildman–Crippen LogP) is -0.638. The lowest BCUT2D eigenvalue weighted by atomic mass is 10.2. The first kappa shape index (κ1) is 14.0. The van der Waals surface area contributed by atoms with Gasteiger partial charge in [-0.15, -0.1) is 0 Å². The zero-order valence-corrected chi connectivity index (χ0v) is 11.2. The van der Waals surface area contributed by atoms with E-state index in [1.165, 1.54) is 23.9 Å². The van der Waals surface area contributed by atoms with Crippen LogP contribution >= 0.6 is 0 Å². The zero-order chi connectivity index (χ0) is 13.9. The Morgan fingerprint density at radius 3 is 3.11 bits per heavy atom. The maximum absolute atomic E-state index is 12.2. The van der Waals surface area contributed by atoms with Crippen LogP contribution in [0.5, 0.6) is 0 Å². The summed E-state index contributed by atoms with van der Waals surface area (Å²) >= 11 is 0. The van der Waals surface area contributed by atoms with Gasteiger partial charge in [-0.2, -0.15) is 4.31 Å². The summed E-state index contributed by atoms with van der Waals surface area (Å²) in [5, 5.41) is 0.0335. The van der Waals surface area contributed by atoms with Crippen molar-refractivity contribution in [1.29, 1.82) is 0 Å². The molecular weight excluding hydrogens is 274 g/mol.